The number of halogens is 1. The van der Waals surface area contributed by atoms with E-state index in [2.05, 4.69) is 5.10 Å². The number of hydroxylamine groups is 1. The second-order valence-electron chi connectivity index (χ2n) is 1.92. The molecule has 1 aromatic heterocycles. The highest BCUT2D eigenvalue weighted by molar-refractivity contribution is 6.29. The predicted molar refractivity (Wildman–Crippen MR) is 36.8 cm³/mol. The molecular formula is C5H8ClN3O. The number of hydrogen-bond donors (Lipinski definition) is 2. The fraction of sp³-hybridized carbons (Fsp3) is 0.400. The van der Waals surface area contributed by atoms with E-state index in [-0.39, 0.29) is 0 Å². The second kappa shape index (κ2) is 3.01. The highest BCUT2D eigenvalue weighted by Crippen LogP contribution is 2.07. The summed E-state index contributed by atoms with van der Waals surface area (Å²) < 4.78 is 1.60. The van der Waals surface area contributed by atoms with Crippen molar-refractivity contribution in [2.45, 2.75) is 6.54 Å². The molecular weight excluding hydrogens is 154 g/mol. The number of nitrogens with zero attached hydrogens (tertiary/aromatic N) is 2. The van der Waals surface area contributed by atoms with Gasteiger partial charge in [0.05, 0.1) is 12.2 Å². The summed E-state index contributed by atoms with van der Waals surface area (Å²) in [6.07, 6.45) is 0. The lowest BCUT2D eigenvalue weighted by Gasteiger charge is -1.96. The standard InChI is InChI=1S/C5H8ClN3O/c1-9-4(3-7-10)2-5(6)8-9/h2,7,10H,3H2,1H3. The molecule has 0 spiro atoms. The predicted octanol–water partition coefficient (Wildman–Crippen LogP) is 0.552. The summed E-state index contributed by atoms with van der Waals surface area (Å²) in [5, 5.41) is 12.6. The molecule has 1 heterocycles. The highest BCUT2D eigenvalue weighted by Gasteiger charge is 2.00. The monoisotopic (exact) mass is 161 g/mol. The van der Waals surface area contributed by atoms with Crippen molar-refractivity contribution in [3.8, 4) is 0 Å². The molecule has 0 aliphatic carbocycles. The van der Waals surface area contributed by atoms with E-state index in [0.717, 1.165) is 5.69 Å². The molecule has 0 bridgehead atoms. The van der Waals surface area contributed by atoms with Crippen LogP contribution in [0.1, 0.15) is 5.69 Å². The van der Waals surface area contributed by atoms with E-state index in [0.29, 0.717) is 11.7 Å². The molecule has 4 nitrogen and oxygen atoms in total. The van der Waals surface area contributed by atoms with Gasteiger partial charge in [-0.25, -0.2) is 0 Å². The number of aryl methyl sites for hydroxylation is 1. The first-order chi connectivity index (χ1) is 4.74. The maximum Gasteiger partial charge on any atom is 0.151 e. The quantitative estimate of drug-likeness (QED) is 0.623. The largest absolute Gasteiger partial charge is 0.316 e. The molecule has 2 N–H and O–H groups in total. The maximum atomic E-state index is 8.32. The van der Waals surface area contributed by atoms with Gasteiger partial charge in [0.25, 0.3) is 0 Å². The summed E-state index contributed by atoms with van der Waals surface area (Å²) >= 11 is 5.56. The van der Waals surface area contributed by atoms with Crippen molar-refractivity contribution in [2.24, 2.45) is 7.05 Å². The van der Waals surface area contributed by atoms with Crippen LogP contribution >= 0.6 is 11.6 Å². The van der Waals surface area contributed by atoms with Crippen LogP contribution in [0.4, 0.5) is 0 Å². The minimum atomic E-state index is 0.357. The van der Waals surface area contributed by atoms with Crippen LogP contribution in [-0.2, 0) is 13.6 Å². The number of rotatable bonds is 2. The van der Waals surface area contributed by atoms with E-state index < -0.39 is 0 Å². The fourth-order valence-corrected chi connectivity index (χ4v) is 0.953. The summed E-state index contributed by atoms with van der Waals surface area (Å²) in [6.45, 7) is 0.357. The smallest absolute Gasteiger partial charge is 0.151 e. The Labute approximate surface area is 63.4 Å². The Hall–Kier alpha value is -0.580. The third-order valence-electron chi connectivity index (χ3n) is 1.21. The lowest BCUT2D eigenvalue weighted by atomic mass is 10.4. The van der Waals surface area contributed by atoms with Crippen molar-refractivity contribution >= 4 is 11.6 Å². The molecule has 0 saturated carbocycles. The van der Waals surface area contributed by atoms with Crippen molar-refractivity contribution in [3.05, 3.63) is 16.9 Å². The van der Waals surface area contributed by atoms with Crippen LogP contribution in [0.15, 0.2) is 6.07 Å². The van der Waals surface area contributed by atoms with E-state index in [1.165, 1.54) is 0 Å². The summed E-state index contributed by atoms with van der Waals surface area (Å²) in [5.41, 5.74) is 2.86. The molecule has 0 saturated heterocycles. The van der Waals surface area contributed by atoms with Gasteiger partial charge in [0, 0.05) is 7.05 Å². The number of hydrogen-bond acceptors (Lipinski definition) is 3. The molecule has 0 aromatic carbocycles. The Kier molecular flexibility index (Phi) is 2.26. The van der Waals surface area contributed by atoms with Gasteiger partial charge in [0.2, 0.25) is 0 Å². The van der Waals surface area contributed by atoms with Gasteiger partial charge >= 0.3 is 0 Å². The molecule has 56 valence electrons. The van der Waals surface area contributed by atoms with Crippen LogP contribution in [-0.4, -0.2) is 15.0 Å². The van der Waals surface area contributed by atoms with Crippen LogP contribution < -0.4 is 5.48 Å². The first kappa shape index (κ1) is 7.53. The van der Waals surface area contributed by atoms with Gasteiger partial charge in [0.1, 0.15) is 0 Å². The molecule has 0 radical (unpaired) electrons. The average molecular weight is 162 g/mol. The fourth-order valence-electron chi connectivity index (χ4n) is 0.714. The van der Waals surface area contributed by atoms with Crippen LogP contribution in [0, 0.1) is 0 Å². The molecule has 10 heavy (non-hydrogen) atoms. The summed E-state index contributed by atoms with van der Waals surface area (Å²) in [6, 6.07) is 1.69. The number of nitrogens with one attached hydrogen (secondary N) is 1. The van der Waals surface area contributed by atoms with Gasteiger partial charge in [-0.05, 0) is 6.07 Å². The topological polar surface area (TPSA) is 50.1 Å². The molecule has 5 heteroatoms. The van der Waals surface area contributed by atoms with E-state index in [9.17, 15) is 0 Å². The second-order valence-corrected chi connectivity index (χ2v) is 2.30. The van der Waals surface area contributed by atoms with Crippen LogP contribution in [0.3, 0.4) is 0 Å². The first-order valence-corrected chi connectivity index (χ1v) is 3.17. The molecule has 0 unspecified atom stereocenters. The zero-order valence-corrected chi connectivity index (χ0v) is 6.26. The van der Waals surface area contributed by atoms with Crippen molar-refractivity contribution in [2.75, 3.05) is 0 Å². The third-order valence-corrected chi connectivity index (χ3v) is 1.39. The van der Waals surface area contributed by atoms with Gasteiger partial charge in [0.15, 0.2) is 5.15 Å². The van der Waals surface area contributed by atoms with E-state index in [1.54, 1.807) is 17.8 Å². The van der Waals surface area contributed by atoms with E-state index in [4.69, 9.17) is 16.8 Å². The lowest BCUT2D eigenvalue weighted by molar-refractivity contribution is 0.158. The zero-order valence-electron chi connectivity index (χ0n) is 5.50. The van der Waals surface area contributed by atoms with Gasteiger partial charge < -0.3 is 5.21 Å². The van der Waals surface area contributed by atoms with Crippen molar-refractivity contribution in [1.29, 1.82) is 0 Å². The molecule has 0 amide bonds. The Balaban J connectivity index is 2.81. The number of aromatic nitrogens is 2. The van der Waals surface area contributed by atoms with Crippen LogP contribution in [0.5, 0.6) is 0 Å². The highest BCUT2D eigenvalue weighted by atomic mass is 35.5. The van der Waals surface area contributed by atoms with Crippen molar-refractivity contribution < 1.29 is 5.21 Å². The Morgan fingerprint density at radius 1 is 1.90 bits per heavy atom. The Morgan fingerprint density at radius 2 is 2.60 bits per heavy atom. The van der Waals surface area contributed by atoms with Crippen molar-refractivity contribution in [3.63, 3.8) is 0 Å². The SMILES string of the molecule is Cn1nc(Cl)cc1CNO. The van der Waals surface area contributed by atoms with Crippen molar-refractivity contribution in [1.82, 2.24) is 15.3 Å². The Bertz CT molecular complexity index is 223. The summed E-state index contributed by atoms with van der Waals surface area (Å²) in [7, 11) is 1.76. The maximum absolute atomic E-state index is 8.32. The van der Waals surface area contributed by atoms with Gasteiger partial charge in [-0.3, -0.25) is 4.68 Å². The third kappa shape index (κ3) is 1.47. The molecule has 0 fully saturated rings. The van der Waals surface area contributed by atoms with Gasteiger partial charge in [-0.2, -0.15) is 10.6 Å². The molecule has 0 atom stereocenters. The minimum absolute atomic E-state index is 0.357. The summed E-state index contributed by atoms with van der Waals surface area (Å²) in [4.78, 5) is 0. The Morgan fingerprint density at radius 3 is 3.00 bits per heavy atom. The van der Waals surface area contributed by atoms with E-state index >= 15 is 0 Å². The van der Waals surface area contributed by atoms with Gasteiger partial charge in [-0.1, -0.05) is 11.6 Å². The lowest BCUT2D eigenvalue weighted by Crippen LogP contribution is -2.10. The van der Waals surface area contributed by atoms with Crippen LogP contribution in [0.25, 0.3) is 0 Å². The minimum Gasteiger partial charge on any atom is -0.316 e. The first-order valence-electron chi connectivity index (χ1n) is 2.79. The average Bonchev–Trinajstić information content (AvgIpc) is 2.13. The molecule has 0 aliphatic heterocycles. The summed E-state index contributed by atoms with van der Waals surface area (Å²) in [5.74, 6) is 0. The van der Waals surface area contributed by atoms with Crippen LogP contribution in [0.2, 0.25) is 5.15 Å². The normalized spacial score (nSPS) is 10.3. The molecule has 1 rings (SSSR count). The molecule has 0 aliphatic rings. The van der Waals surface area contributed by atoms with E-state index in [1.807, 2.05) is 5.48 Å². The zero-order chi connectivity index (χ0) is 7.56. The van der Waals surface area contributed by atoms with Gasteiger partial charge in [-0.15, -0.1) is 0 Å². The molecule has 1 aromatic rings.